The Morgan fingerprint density at radius 2 is 2.08 bits per heavy atom. The number of hydrogen-bond donors (Lipinski definition) is 2. The molecule has 130 valence electrons. The summed E-state index contributed by atoms with van der Waals surface area (Å²) in [5.74, 6) is 0.440. The minimum absolute atomic E-state index is 0.253. The van der Waals surface area contributed by atoms with Gasteiger partial charge in [0.05, 0.1) is 24.6 Å². The molecule has 2 N–H and O–H groups in total. The van der Waals surface area contributed by atoms with Crippen molar-refractivity contribution >= 4 is 11.7 Å². The Morgan fingerprint density at radius 1 is 1.12 bits per heavy atom. The van der Waals surface area contributed by atoms with E-state index in [1.807, 2.05) is 18.2 Å². The number of carbonyl (C=O) groups is 1. The molecule has 0 radical (unpaired) electrons. The molecule has 2 aromatic rings. The van der Waals surface area contributed by atoms with Crippen molar-refractivity contribution in [3.63, 3.8) is 0 Å². The summed E-state index contributed by atoms with van der Waals surface area (Å²) in [4.78, 5) is 24.7. The molecule has 1 aliphatic rings. The molecule has 2 aromatic heterocycles. The SMILES string of the molecule is O=C(NCc1ccccn1)c1cnc(NCCC2=CCCCC2)cn1. The van der Waals surface area contributed by atoms with E-state index < -0.39 is 0 Å². The Hall–Kier alpha value is -2.76. The van der Waals surface area contributed by atoms with E-state index in [-0.39, 0.29) is 5.91 Å². The molecule has 25 heavy (non-hydrogen) atoms. The van der Waals surface area contributed by atoms with Crippen molar-refractivity contribution in [3.8, 4) is 0 Å². The molecule has 0 bridgehead atoms. The van der Waals surface area contributed by atoms with E-state index in [2.05, 4.69) is 31.7 Å². The van der Waals surface area contributed by atoms with Gasteiger partial charge in [0.1, 0.15) is 11.5 Å². The number of hydrogen-bond acceptors (Lipinski definition) is 5. The summed E-state index contributed by atoms with van der Waals surface area (Å²) >= 11 is 0. The van der Waals surface area contributed by atoms with E-state index in [4.69, 9.17) is 0 Å². The molecule has 0 saturated heterocycles. The number of pyridine rings is 1. The van der Waals surface area contributed by atoms with E-state index in [0.29, 0.717) is 18.1 Å². The lowest BCUT2D eigenvalue weighted by Gasteiger charge is -2.13. The van der Waals surface area contributed by atoms with Crippen LogP contribution in [0.4, 0.5) is 5.82 Å². The van der Waals surface area contributed by atoms with Crippen molar-refractivity contribution in [3.05, 3.63) is 59.8 Å². The fraction of sp³-hybridized carbons (Fsp3) is 0.368. The summed E-state index contributed by atoms with van der Waals surface area (Å²) in [6.45, 7) is 1.21. The maximum absolute atomic E-state index is 12.1. The van der Waals surface area contributed by atoms with Gasteiger partial charge in [-0.3, -0.25) is 9.78 Å². The van der Waals surface area contributed by atoms with Crippen molar-refractivity contribution in [1.29, 1.82) is 0 Å². The van der Waals surface area contributed by atoms with Gasteiger partial charge in [-0.05, 0) is 44.2 Å². The van der Waals surface area contributed by atoms with Gasteiger partial charge >= 0.3 is 0 Å². The van der Waals surface area contributed by atoms with Gasteiger partial charge in [-0.15, -0.1) is 0 Å². The predicted molar refractivity (Wildman–Crippen MR) is 97.1 cm³/mol. The van der Waals surface area contributed by atoms with E-state index in [1.165, 1.54) is 37.5 Å². The number of carbonyl (C=O) groups excluding carboxylic acids is 1. The van der Waals surface area contributed by atoms with E-state index in [1.54, 1.807) is 12.4 Å². The van der Waals surface area contributed by atoms with Gasteiger partial charge in [0.2, 0.25) is 0 Å². The Labute approximate surface area is 147 Å². The summed E-state index contributed by atoms with van der Waals surface area (Å²) in [5.41, 5.74) is 2.63. The van der Waals surface area contributed by atoms with E-state index in [9.17, 15) is 4.79 Å². The smallest absolute Gasteiger partial charge is 0.271 e. The maximum atomic E-state index is 12.1. The van der Waals surface area contributed by atoms with Gasteiger partial charge in [0, 0.05) is 12.7 Å². The first kappa shape index (κ1) is 17.1. The van der Waals surface area contributed by atoms with E-state index in [0.717, 1.165) is 18.7 Å². The minimum Gasteiger partial charge on any atom is -0.368 e. The number of nitrogens with zero attached hydrogens (tertiary/aromatic N) is 3. The number of aromatic nitrogens is 3. The highest BCUT2D eigenvalue weighted by atomic mass is 16.1. The normalized spacial score (nSPS) is 13.8. The van der Waals surface area contributed by atoms with Crippen LogP contribution in [0, 0.1) is 0 Å². The van der Waals surface area contributed by atoms with Gasteiger partial charge < -0.3 is 10.6 Å². The quantitative estimate of drug-likeness (QED) is 0.759. The molecule has 0 atom stereocenters. The zero-order chi connectivity index (χ0) is 17.3. The van der Waals surface area contributed by atoms with Crippen LogP contribution in [0.2, 0.25) is 0 Å². The monoisotopic (exact) mass is 337 g/mol. The first-order valence-corrected chi connectivity index (χ1v) is 8.73. The molecule has 1 aliphatic carbocycles. The van der Waals surface area contributed by atoms with Crippen LogP contribution < -0.4 is 10.6 Å². The number of amides is 1. The third kappa shape index (κ3) is 5.38. The molecule has 1 amide bonds. The third-order valence-corrected chi connectivity index (χ3v) is 4.18. The number of allylic oxidation sites excluding steroid dienone is 1. The van der Waals surface area contributed by atoms with Gasteiger partial charge in [-0.2, -0.15) is 0 Å². The van der Waals surface area contributed by atoms with Crippen LogP contribution in [0.3, 0.4) is 0 Å². The van der Waals surface area contributed by atoms with E-state index >= 15 is 0 Å². The molecule has 3 rings (SSSR count). The Bertz CT molecular complexity index is 712. The highest BCUT2D eigenvalue weighted by Crippen LogP contribution is 2.19. The van der Waals surface area contributed by atoms with Crippen LogP contribution in [-0.2, 0) is 6.54 Å². The minimum atomic E-state index is -0.253. The molecule has 6 heteroatoms. The summed E-state index contributed by atoms with van der Waals surface area (Å²) in [5, 5.41) is 6.05. The molecule has 0 saturated carbocycles. The first-order chi connectivity index (χ1) is 12.3. The van der Waals surface area contributed by atoms with Crippen molar-refractivity contribution < 1.29 is 4.79 Å². The Balaban J connectivity index is 1.44. The molecule has 0 aliphatic heterocycles. The molecule has 6 nitrogen and oxygen atoms in total. The van der Waals surface area contributed by atoms with Crippen LogP contribution in [-0.4, -0.2) is 27.4 Å². The highest BCUT2D eigenvalue weighted by Gasteiger charge is 2.08. The lowest BCUT2D eigenvalue weighted by atomic mass is 9.97. The van der Waals surface area contributed by atoms with Crippen LogP contribution in [0.1, 0.15) is 48.3 Å². The largest absolute Gasteiger partial charge is 0.368 e. The first-order valence-electron chi connectivity index (χ1n) is 8.73. The van der Waals surface area contributed by atoms with Gasteiger partial charge in [0.25, 0.3) is 5.91 Å². The third-order valence-electron chi connectivity index (χ3n) is 4.18. The summed E-state index contributed by atoms with van der Waals surface area (Å²) in [6, 6.07) is 5.59. The van der Waals surface area contributed by atoms with Gasteiger partial charge in [-0.1, -0.05) is 17.7 Å². The molecule has 0 fully saturated rings. The average Bonchev–Trinajstić information content (AvgIpc) is 2.68. The summed E-state index contributed by atoms with van der Waals surface area (Å²) in [7, 11) is 0. The van der Waals surface area contributed by atoms with Crippen molar-refractivity contribution in [1.82, 2.24) is 20.3 Å². The maximum Gasteiger partial charge on any atom is 0.271 e. The van der Waals surface area contributed by atoms with Crippen LogP contribution in [0.5, 0.6) is 0 Å². The second-order valence-corrected chi connectivity index (χ2v) is 6.08. The molecular formula is C19H23N5O. The zero-order valence-corrected chi connectivity index (χ0v) is 14.2. The van der Waals surface area contributed by atoms with Crippen LogP contribution >= 0.6 is 0 Å². The number of anilines is 1. The molecule has 0 aromatic carbocycles. The predicted octanol–water partition coefficient (Wildman–Crippen LogP) is 3.10. The lowest BCUT2D eigenvalue weighted by Crippen LogP contribution is -2.24. The zero-order valence-electron chi connectivity index (χ0n) is 14.2. The molecule has 0 spiro atoms. The van der Waals surface area contributed by atoms with Gasteiger partial charge in [0.15, 0.2) is 0 Å². The van der Waals surface area contributed by atoms with Crippen LogP contribution in [0.15, 0.2) is 48.4 Å². The molecule has 0 unspecified atom stereocenters. The summed E-state index contributed by atoms with van der Waals surface area (Å²) < 4.78 is 0. The molecule has 2 heterocycles. The lowest BCUT2D eigenvalue weighted by molar-refractivity contribution is 0.0945. The second kappa shape index (κ2) is 8.92. The summed E-state index contributed by atoms with van der Waals surface area (Å²) in [6.07, 6.45) is 13.2. The fourth-order valence-corrected chi connectivity index (χ4v) is 2.78. The van der Waals surface area contributed by atoms with Crippen LogP contribution in [0.25, 0.3) is 0 Å². The fourth-order valence-electron chi connectivity index (χ4n) is 2.78. The number of rotatable bonds is 7. The average molecular weight is 337 g/mol. The van der Waals surface area contributed by atoms with Crippen molar-refractivity contribution in [2.45, 2.75) is 38.6 Å². The Morgan fingerprint density at radius 3 is 2.80 bits per heavy atom. The van der Waals surface area contributed by atoms with Crippen molar-refractivity contribution in [2.24, 2.45) is 0 Å². The standard InChI is InChI=1S/C19H23N5O/c25-19(24-12-16-8-4-5-10-20-16)17-13-23-18(14-22-17)21-11-9-15-6-2-1-3-7-15/h4-6,8,10,13-14H,1-3,7,9,11-12H2,(H,21,23)(H,24,25). The Kier molecular flexibility index (Phi) is 6.09. The topological polar surface area (TPSA) is 79.8 Å². The molecular weight excluding hydrogens is 314 g/mol. The van der Waals surface area contributed by atoms with Crippen molar-refractivity contribution in [2.75, 3.05) is 11.9 Å². The number of nitrogens with one attached hydrogen (secondary N) is 2. The second-order valence-electron chi connectivity index (χ2n) is 6.08. The highest BCUT2D eigenvalue weighted by molar-refractivity contribution is 5.91. The van der Waals surface area contributed by atoms with Gasteiger partial charge in [-0.25, -0.2) is 9.97 Å².